The van der Waals surface area contributed by atoms with Gasteiger partial charge in [0.05, 0.1) is 12.6 Å². The van der Waals surface area contributed by atoms with E-state index >= 15 is 0 Å². The number of carbonyl (C=O) groups is 2. The first-order valence-electron chi connectivity index (χ1n) is 9.37. The number of nitrogens with one attached hydrogen (secondary N) is 2. The average molecular weight is 385 g/mol. The molecule has 0 saturated carbocycles. The Labute approximate surface area is 163 Å². The molecule has 2 amide bonds. The smallest absolute Gasteiger partial charge is 0.237 e. The molecule has 0 aromatic rings. The summed E-state index contributed by atoms with van der Waals surface area (Å²) in [7, 11) is 0. The van der Waals surface area contributed by atoms with Crippen molar-refractivity contribution in [2.75, 3.05) is 45.8 Å². The van der Waals surface area contributed by atoms with Crippen LogP contribution in [0.2, 0.25) is 0 Å². The maximum atomic E-state index is 12.4. The molecule has 7 heteroatoms. The van der Waals surface area contributed by atoms with Gasteiger partial charge in [0.2, 0.25) is 11.8 Å². The van der Waals surface area contributed by atoms with E-state index in [4.69, 9.17) is 0 Å². The van der Waals surface area contributed by atoms with Crippen molar-refractivity contribution < 1.29 is 9.59 Å². The van der Waals surface area contributed by atoms with Gasteiger partial charge in [0, 0.05) is 26.2 Å². The normalized spacial score (nSPS) is 22.9. The number of carbonyl (C=O) groups excluding carboxylic acids is 2. The summed E-state index contributed by atoms with van der Waals surface area (Å²) < 4.78 is 0. The molecule has 2 rings (SSSR count). The summed E-state index contributed by atoms with van der Waals surface area (Å²) in [6.45, 7) is 12.4. The monoisotopic (exact) mass is 384 g/mol. The van der Waals surface area contributed by atoms with E-state index in [9.17, 15) is 9.59 Å². The number of halogens is 1. The molecule has 2 unspecified atom stereocenters. The highest BCUT2D eigenvalue weighted by atomic mass is 35.5. The van der Waals surface area contributed by atoms with E-state index in [1.807, 2.05) is 0 Å². The van der Waals surface area contributed by atoms with Crippen LogP contribution in [-0.2, 0) is 9.59 Å². The van der Waals surface area contributed by atoms with Crippen LogP contribution in [0.3, 0.4) is 0 Å². The predicted molar refractivity (Wildman–Crippen MR) is 107 cm³/mol. The van der Waals surface area contributed by atoms with Gasteiger partial charge in [-0.3, -0.25) is 14.5 Å². The first-order valence-corrected chi connectivity index (χ1v) is 9.37. The van der Waals surface area contributed by atoms with E-state index in [1.165, 1.54) is 0 Å². The average Bonchev–Trinajstić information content (AvgIpc) is 3.14. The lowest BCUT2D eigenvalue weighted by Gasteiger charge is -2.33. The number of nitrogens with zero attached hydrogens (tertiary/aromatic N) is 2. The summed E-state index contributed by atoms with van der Waals surface area (Å²) in [6.07, 6.45) is 7.66. The maximum Gasteiger partial charge on any atom is 0.237 e. The van der Waals surface area contributed by atoms with Gasteiger partial charge in [0.1, 0.15) is 0 Å². The van der Waals surface area contributed by atoms with Gasteiger partial charge in [-0.05, 0) is 44.7 Å². The first-order chi connectivity index (χ1) is 12.1. The molecular formula is C19H33ClN4O2. The zero-order chi connectivity index (χ0) is 18.1. The van der Waals surface area contributed by atoms with Crippen LogP contribution in [-0.4, -0.2) is 73.5 Å². The molecule has 26 heavy (non-hydrogen) atoms. The van der Waals surface area contributed by atoms with Gasteiger partial charge in [0.25, 0.3) is 0 Å². The molecule has 2 saturated heterocycles. The lowest BCUT2D eigenvalue weighted by molar-refractivity contribution is -0.132. The highest BCUT2D eigenvalue weighted by molar-refractivity contribution is 5.85. The number of hydrogen-bond acceptors (Lipinski definition) is 4. The van der Waals surface area contributed by atoms with Crippen molar-refractivity contribution in [3.8, 4) is 0 Å². The SMILES string of the molecule is C=CCN(CC=C)C(=O)CN1CCCC(CNC(=O)C2CCCN2)C1.Cl. The molecular weight excluding hydrogens is 352 g/mol. The molecule has 2 N–H and O–H groups in total. The largest absolute Gasteiger partial charge is 0.354 e. The van der Waals surface area contributed by atoms with Gasteiger partial charge in [-0.25, -0.2) is 0 Å². The van der Waals surface area contributed by atoms with Crippen molar-refractivity contribution in [2.24, 2.45) is 5.92 Å². The van der Waals surface area contributed by atoms with E-state index in [0.29, 0.717) is 32.1 Å². The standard InChI is InChI=1S/C19H32N4O2.ClH/c1-3-10-23(11-4-2)18(24)15-22-12-6-7-16(14-22)13-21-19(25)17-8-5-9-20-17;/h3-4,16-17,20H,1-2,5-15H2,(H,21,25);1H. The fourth-order valence-corrected chi connectivity index (χ4v) is 3.62. The van der Waals surface area contributed by atoms with Crippen LogP contribution >= 0.6 is 12.4 Å². The van der Waals surface area contributed by atoms with Gasteiger partial charge < -0.3 is 15.5 Å². The molecule has 0 aliphatic carbocycles. The van der Waals surface area contributed by atoms with E-state index in [1.54, 1.807) is 17.1 Å². The maximum absolute atomic E-state index is 12.4. The van der Waals surface area contributed by atoms with Gasteiger partial charge in [-0.15, -0.1) is 25.6 Å². The Morgan fingerprint density at radius 2 is 1.92 bits per heavy atom. The molecule has 0 radical (unpaired) electrons. The number of rotatable bonds is 9. The van der Waals surface area contributed by atoms with E-state index in [2.05, 4.69) is 28.7 Å². The Morgan fingerprint density at radius 3 is 2.54 bits per heavy atom. The van der Waals surface area contributed by atoms with Crippen LogP contribution in [0.4, 0.5) is 0 Å². The highest BCUT2D eigenvalue weighted by Crippen LogP contribution is 2.16. The van der Waals surface area contributed by atoms with Crippen molar-refractivity contribution >= 4 is 24.2 Å². The molecule has 0 aromatic carbocycles. The van der Waals surface area contributed by atoms with Gasteiger partial charge >= 0.3 is 0 Å². The second-order valence-corrected chi connectivity index (χ2v) is 7.01. The summed E-state index contributed by atoms with van der Waals surface area (Å²) in [5, 5.41) is 6.31. The molecule has 2 atom stereocenters. The molecule has 0 spiro atoms. The minimum absolute atomic E-state index is 0. The number of hydrogen-bond donors (Lipinski definition) is 2. The second-order valence-electron chi connectivity index (χ2n) is 7.01. The Morgan fingerprint density at radius 1 is 1.19 bits per heavy atom. The van der Waals surface area contributed by atoms with Crippen molar-refractivity contribution in [3.05, 3.63) is 25.3 Å². The second kappa shape index (κ2) is 12.1. The summed E-state index contributed by atoms with van der Waals surface area (Å²) >= 11 is 0. The fraction of sp³-hybridized carbons (Fsp3) is 0.684. The molecule has 2 fully saturated rings. The Bertz CT molecular complexity index is 470. The first kappa shape index (κ1) is 22.7. The minimum Gasteiger partial charge on any atom is -0.354 e. The van der Waals surface area contributed by atoms with Crippen LogP contribution in [0.5, 0.6) is 0 Å². The van der Waals surface area contributed by atoms with Crippen LogP contribution in [0, 0.1) is 5.92 Å². The van der Waals surface area contributed by atoms with Crippen molar-refractivity contribution in [1.82, 2.24) is 20.4 Å². The lowest BCUT2D eigenvalue weighted by Crippen LogP contribution is -2.48. The third-order valence-corrected chi connectivity index (χ3v) is 4.96. The third kappa shape index (κ3) is 7.09. The van der Waals surface area contributed by atoms with Gasteiger partial charge in [0.15, 0.2) is 0 Å². The van der Waals surface area contributed by atoms with Crippen molar-refractivity contribution in [3.63, 3.8) is 0 Å². The Hall–Kier alpha value is -1.37. The fourth-order valence-electron chi connectivity index (χ4n) is 3.62. The lowest BCUT2D eigenvalue weighted by atomic mass is 9.97. The van der Waals surface area contributed by atoms with Crippen LogP contribution in [0.15, 0.2) is 25.3 Å². The van der Waals surface area contributed by atoms with Crippen LogP contribution in [0.1, 0.15) is 25.7 Å². The molecule has 2 aliphatic heterocycles. The molecule has 148 valence electrons. The summed E-state index contributed by atoms with van der Waals surface area (Å²) in [6, 6.07) is -0.0207. The predicted octanol–water partition coefficient (Wildman–Crippen LogP) is 1.19. The number of piperidine rings is 1. The topological polar surface area (TPSA) is 64.7 Å². The van der Waals surface area contributed by atoms with Crippen LogP contribution < -0.4 is 10.6 Å². The Balaban J connectivity index is 0.00000338. The van der Waals surface area contributed by atoms with Crippen molar-refractivity contribution in [1.29, 1.82) is 0 Å². The van der Waals surface area contributed by atoms with Gasteiger partial charge in [-0.1, -0.05) is 12.2 Å². The molecule has 0 bridgehead atoms. The zero-order valence-corrected chi connectivity index (χ0v) is 16.4. The van der Waals surface area contributed by atoms with Gasteiger partial charge in [-0.2, -0.15) is 0 Å². The quantitative estimate of drug-likeness (QED) is 0.586. The minimum atomic E-state index is -0.0207. The summed E-state index contributed by atoms with van der Waals surface area (Å²) in [4.78, 5) is 28.5. The summed E-state index contributed by atoms with van der Waals surface area (Å²) in [5.74, 6) is 0.646. The van der Waals surface area contributed by atoms with E-state index < -0.39 is 0 Å². The van der Waals surface area contributed by atoms with Crippen molar-refractivity contribution in [2.45, 2.75) is 31.7 Å². The highest BCUT2D eigenvalue weighted by Gasteiger charge is 2.26. The molecule has 2 heterocycles. The van der Waals surface area contributed by atoms with E-state index in [0.717, 1.165) is 45.3 Å². The molecule has 6 nitrogen and oxygen atoms in total. The number of likely N-dealkylation sites (tertiary alicyclic amines) is 1. The van der Waals surface area contributed by atoms with E-state index in [-0.39, 0.29) is 30.3 Å². The third-order valence-electron chi connectivity index (χ3n) is 4.96. The zero-order valence-electron chi connectivity index (χ0n) is 15.6. The number of amides is 2. The molecule has 0 aromatic heterocycles. The molecule has 2 aliphatic rings. The van der Waals surface area contributed by atoms with Crippen LogP contribution in [0.25, 0.3) is 0 Å². The summed E-state index contributed by atoms with van der Waals surface area (Å²) in [5.41, 5.74) is 0. The Kier molecular flexibility index (Phi) is 10.5.